The number of aliphatic hydroxyl groups excluding tert-OH is 1. The molecule has 13 heavy (non-hydrogen) atoms. The van der Waals surface area contributed by atoms with Gasteiger partial charge in [0.25, 0.3) is 0 Å². The number of aliphatic carboxylic acids is 1. The number of carboxylic acid groups (broad SMARTS) is 1. The maximum atomic E-state index is 10.3. The largest absolute Gasteiger partial charge is 0.479 e. The van der Waals surface area contributed by atoms with Crippen LogP contribution in [-0.4, -0.2) is 16.2 Å². The van der Waals surface area contributed by atoms with E-state index in [1.54, 1.807) is 0 Å². The van der Waals surface area contributed by atoms with Crippen LogP contribution in [0.3, 0.4) is 0 Å². The molecule has 66 valence electrons. The zero-order valence-corrected chi connectivity index (χ0v) is 6.64. The summed E-state index contributed by atoms with van der Waals surface area (Å²) in [6.45, 7) is 0. The van der Waals surface area contributed by atoms with E-state index in [4.69, 9.17) is 15.5 Å². The molecule has 2 N–H and O–H groups in total. The molecular weight excluding hydrogens is 170 g/mol. The molecule has 0 radical (unpaired) electrons. The monoisotopic (exact) mass is 177 g/mol. The van der Waals surface area contributed by atoms with Crippen LogP contribution in [0, 0.1) is 11.3 Å². The zero-order chi connectivity index (χ0) is 9.84. The first-order chi connectivity index (χ1) is 6.15. The third kappa shape index (κ3) is 2.04. The summed E-state index contributed by atoms with van der Waals surface area (Å²) >= 11 is 0. The van der Waals surface area contributed by atoms with E-state index in [2.05, 4.69) is 0 Å². The quantitative estimate of drug-likeness (QED) is 0.695. The van der Waals surface area contributed by atoms with Crippen LogP contribution >= 0.6 is 0 Å². The van der Waals surface area contributed by atoms with Gasteiger partial charge in [0.05, 0.1) is 11.6 Å². The summed E-state index contributed by atoms with van der Waals surface area (Å²) < 4.78 is 0. The van der Waals surface area contributed by atoms with Crippen molar-refractivity contribution in [1.29, 1.82) is 5.26 Å². The molecule has 0 aromatic heterocycles. The van der Waals surface area contributed by atoms with Gasteiger partial charge in [0.15, 0.2) is 6.10 Å². The zero-order valence-electron chi connectivity index (χ0n) is 6.64. The molecule has 0 bridgehead atoms. The van der Waals surface area contributed by atoms with Crippen LogP contribution in [0.5, 0.6) is 0 Å². The summed E-state index contributed by atoms with van der Waals surface area (Å²) in [5.74, 6) is -1.30. The van der Waals surface area contributed by atoms with E-state index < -0.39 is 12.1 Å². The van der Waals surface area contributed by atoms with Crippen molar-refractivity contribution >= 4 is 5.97 Å². The van der Waals surface area contributed by atoms with Crippen LogP contribution in [0.1, 0.15) is 17.2 Å². The van der Waals surface area contributed by atoms with Crippen molar-refractivity contribution in [3.05, 3.63) is 35.4 Å². The fraction of sp³-hybridized carbons (Fsp3) is 0.111. The first-order valence-electron chi connectivity index (χ1n) is 3.56. The number of rotatable bonds is 2. The van der Waals surface area contributed by atoms with Gasteiger partial charge in [-0.25, -0.2) is 4.79 Å². The van der Waals surface area contributed by atoms with Crippen LogP contribution in [0.4, 0.5) is 0 Å². The lowest BCUT2D eigenvalue weighted by Crippen LogP contribution is -2.10. The van der Waals surface area contributed by atoms with Gasteiger partial charge in [-0.05, 0) is 17.7 Å². The van der Waals surface area contributed by atoms with Gasteiger partial charge in [0, 0.05) is 0 Å². The summed E-state index contributed by atoms with van der Waals surface area (Å²) in [6, 6.07) is 7.64. The summed E-state index contributed by atoms with van der Waals surface area (Å²) in [7, 11) is 0. The van der Waals surface area contributed by atoms with Crippen molar-refractivity contribution in [3.8, 4) is 6.07 Å². The van der Waals surface area contributed by atoms with Gasteiger partial charge in [-0.15, -0.1) is 0 Å². The minimum Gasteiger partial charge on any atom is -0.479 e. The third-order valence-electron chi connectivity index (χ3n) is 1.59. The predicted molar refractivity (Wildman–Crippen MR) is 43.8 cm³/mol. The van der Waals surface area contributed by atoms with E-state index in [0.717, 1.165) is 0 Å². The Hall–Kier alpha value is -1.86. The second kappa shape index (κ2) is 3.70. The third-order valence-corrected chi connectivity index (χ3v) is 1.59. The lowest BCUT2D eigenvalue weighted by molar-refractivity contribution is -0.146. The van der Waals surface area contributed by atoms with Crippen molar-refractivity contribution in [2.75, 3.05) is 0 Å². The average molecular weight is 177 g/mol. The van der Waals surface area contributed by atoms with Crippen LogP contribution in [0.25, 0.3) is 0 Å². The van der Waals surface area contributed by atoms with Crippen LogP contribution in [0.2, 0.25) is 0 Å². The highest BCUT2D eigenvalue weighted by Gasteiger charge is 2.14. The van der Waals surface area contributed by atoms with Crippen molar-refractivity contribution < 1.29 is 15.0 Å². The Labute approximate surface area is 74.7 Å². The number of nitriles is 1. The molecule has 1 rings (SSSR count). The standard InChI is InChI=1S/C9H7NO3/c10-5-6-1-3-7(4-2-6)8(11)9(12)13/h1-4,8,11H,(H,12,13)/t8-/m1/s1. The molecule has 0 saturated carbocycles. The van der Waals surface area contributed by atoms with Crippen molar-refractivity contribution in [2.24, 2.45) is 0 Å². The number of nitrogens with zero attached hydrogens (tertiary/aromatic N) is 1. The Morgan fingerprint density at radius 1 is 1.38 bits per heavy atom. The maximum absolute atomic E-state index is 10.3. The molecule has 0 fully saturated rings. The van der Waals surface area contributed by atoms with Gasteiger partial charge in [-0.1, -0.05) is 12.1 Å². The molecule has 0 aliphatic carbocycles. The molecule has 4 heteroatoms. The number of carbonyl (C=O) groups is 1. The highest BCUT2D eigenvalue weighted by atomic mass is 16.4. The number of benzene rings is 1. The Morgan fingerprint density at radius 2 is 1.92 bits per heavy atom. The molecule has 1 atom stereocenters. The Morgan fingerprint density at radius 3 is 2.31 bits per heavy atom. The molecule has 0 aliphatic rings. The van der Waals surface area contributed by atoms with Gasteiger partial charge < -0.3 is 10.2 Å². The first kappa shape index (κ1) is 9.23. The van der Waals surface area contributed by atoms with Crippen molar-refractivity contribution in [2.45, 2.75) is 6.10 Å². The van der Waals surface area contributed by atoms with Gasteiger partial charge >= 0.3 is 5.97 Å². The van der Waals surface area contributed by atoms with Crippen LogP contribution in [0.15, 0.2) is 24.3 Å². The minimum absolute atomic E-state index is 0.270. The molecule has 0 saturated heterocycles. The van der Waals surface area contributed by atoms with E-state index in [1.165, 1.54) is 24.3 Å². The fourth-order valence-electron chi connectivity index (χ4n) is 0.883. The summed E-state index contributed by atoms with van der Waals surface area (Å²) in [5.41, 5.74) is 0.702. The number of hydrogen-bond acceptors (Lipinski definition) is 3. The Kier molecular flexibility index (Phi) is 2.62. The van der Waals surface area contributed by atoms with E-state index in [1.807, 2.05) is 6.07 Å². The highest BCUT2D eigenvalue weighted by Crippen LogP contribution is 2.13. The molecule has 4 nitrogen and oxygen atoms in total. The molecular formula is C9H7NO3. The molecule has 0 amide bonds. The molecule has 0 unspecified atom stereocenters. The summed E-state index contributed by atoms with van der Waals surface area (Å²) in [5, 5.41) is 26.0. The average Bonchev–Trinajstić information content (AvgIpc) is 2.17. The molecule has 1 aromatic rings. The van der Waals surface area contributed by atoms with Crippen LogP contribution < -0.4 is 0 Å². The topological polar surface area (TPSA) is 81.3 Å². The molecule has 0 spiro atoms. The van der Waals surface area contributed by atoms with Gasteiger partial charge in [-0.2, -0.15) is 5.26 Å². The second-order valence-electron chi connectivity index (χ2n) is 2.47. The molecule has 0 aliphatic heterocycles. The first-order valence-corrected chi connectivity index (χ1v) is 3.56. The van der Waals surface area contributed by atoms with Crippen LogP contribution in [-0.2, 0) is 4.79 Å². The lowest BCUT2D eigenvalue weighted by atomic mass is 10.1. The second-order valence-corrected chi connectivity index (χ2v) is 2.47. The van der Waals surface area contributed by atoms with E-state index in [-0.39, 0.29) is 5.56 Å². The van der Waals surface area contributed by atoms with E-state index in [0.29, 0.717) is 5.56 Å². The van der Waals surface area contributed by atoms with Crippen molar-refractivity contribution in [1.82, 2.24) is 0 Å². The Bertz CT molecular complexity index is 350. The maximum Gasteiger partial charge on any atom is 0.337 e. The highest BCUT2D eigenvalue weighted by molar-refractivity contribution is 5.74. The van der Waals surface area contributed by atoms with Gasteiger partial charge in [0.1, 0.15) is 0 Å². The van der Waals surface area contributed by atoms with Gasteiger partial charge in [-0.3, -0.25) is 0 Å². The van der Waals surface area contributed by atoms with Crippen molar-refractivity contribution in [3.63, 3.8) is 0 Å². The number of aliphatic hydroxyl groups is 1. The van der Waals surface area contributed by atoms with E-state index in [9.17, 15) is 4.79 Å². The normalized spacial score (nSPS) is 11.7. The fourth-order valence-corrected chi connectivity index (χ4v) is 0.883. The SMILES string of the molecule is N#Cc1ccc([C@@H](O)C(=O)O)cc1. The van der Waals surface area contributed by atoms with Gasteiger partial charge in [0.2, 0.25) is 0 Å². The van der Waals surface area contributed by atoms with E-state index >= 15 is 0 Å². The summed E-state index contributed by atoms with van der Waals surface area (Å²) in [4.78, 5) is 10.3. The minimum atomic E-state index is -1.52. The summed E-state index contributed by atoms with van der Waals surface area (Å²) in [6.07, 6.45) is -1.52. The number of hydrogen-bond donors (Lipinski definition) is 2. The Balaban J connectivity index is 2.93. The molecule has 1 aromatic carbocycles. The smallest absolute Gasteiger partial charge is 0.337 e. The predicted octanol–water partition coefficient (Wildman–Crippen LogP) is 0.676. The lowest BCUT2D eigenvalue weighted by Gasteiger charge is -2.04. The molecule has 0 heterocycles. The number of carboxylic acids is 1.